The van der Waals surface area contributed by atoms with E-state index in [2.05, 4.69) is 0 Å². The highest BCUT2D eigenvalue weighted by molar-refractivity contribution is 5.98. The van der Waals surface area contributed by atoms with Crippen molar-refractivity contribution < 1.29 is 9.59 Å². The largest absolute Gasteiger partial charge is 0.320 e. The van der Waals surface area contributed by atoms with Gasteiger partial charge in [0.1, 0.15) is 0 Å². The van der Waals surface area contributed by atoms with Gasteiger partial charge in [0.2, 0.25) is 11.8 Å². The number of carbonyl (C=O) groups is 2. The van der Waals surface area contributed by atoms with Gasteiger partial charge in [0.05, 0.1) is 23.5 Å². The van der Waals surface area contributed by atoms with Gasteiger partial charge in [0.15, 0.2) is 0 Å². The minimum Gasteiger partial charge on any atom is -0.320 e. The number of hydrogen-bond donors (Lipinski definition) is 2. The van der Waals surface area contributed by atoms with Crippen LogP contribution in [0.15, 0.2) is 34.1 Å². The number of rotatable bonds is 2. The Kier molecular flexibility index (Phi) is 7.73. The predicted molar refractivity (Wildman–Crippen MR) is 132 cm³/mol. The van der Waals surface area contributed by atoms with Crippen LogP contribution in [0.1, 0.15) is 37.8 Å². The van der Waals surface area contributed by atoms with Gasteiger partial charge in [0.25, 0.3) is 11.1 Å². The lowest BCUT2D eigenvalue weighted by atomic mass is 10.1. The zero-order valence-electron chi connectivity index (χ0n) is 20.3. The Hall–Kier alpha value is -3.24. The summed E-state index contributed by atoms with van der Waals surface area (Å²) >= 11 is 0. The molecule has 2 aromatic rings. The van der Waals surface area contributed by atoms with Gasteiger partial charge >= 0.3 is 0 Å². The lowest BCUT2D eigenvalue weighted by molar-refractivity contribution is -0.120. The summed E-state index contributed by atoms with van der Waals surface area (Å²) in [5, 5.41) is 0. The fraction of sp³-hybridized carbons (Fsp3) is 0.500. The van der Waals surface area contributed by atoms with E-state index in [1.54, 1.807) is 23.2 Å². The summed E-state index contributed by atoms with van der Waals surface area (Å²) in [7, 11) is 3.34. The van der Waals surface area contributed by atoms with Crippen molar-refractivity contribution >= 4 is 23.2 Å². The molecule has 0 fully saturated rings. The van der Waals surface area contributed by atoms with E-state index in [0.717, 1.165) is 24.0 Å². The summed E-state index contributed by atoms with van der Waals surface area (Å²) in [4.78, 5) is 50.2. The summed E-state index contributed by atoms with van der Waals surface area (Å²) in [5.41, 5.74) is 14.8. The first-order chi connectivity index (χ1) is 16.1. The molecule has 4 rings (SSSR count). The van der Waals surface area contributed by atoms with Crippen molar-refractivity contribution in [1.82, 2.24) is 9.13 Å². The van der Waals surface area contributed by atoms with Crippen molar-refractivity contribution in [3.8, 4) is 0 Å². The Balaban J connectivity index is 0.000000191. The van der Waals surface area contributed by atoms with Crippen molar-refractivity contribution in [2.75, 3.05) is 23.9 Å². The Bertz CT molecular complexity index is 1110. The number of aromatic nitrogens is 2. The molecular formula is C24H34N6O4. The highest BCUT2D eigenvalue weighted by Crippen LogP contribution is 2.24. The molecule has 0 aliphatic carbocycles. The van der Waals surface area contributed by atoms with E-state index in [9.17, 15) is 19.2 Å². The third-order valence-electron chi connectivity index (χ3n) is 6.52. The molecule has 0 saturated carbocycles. The summed E-state index contributed by atoms with van der Waals surface area (Å²) < 4.78 is 3.29. The van der Waals surface area contributed by atoms with Crippen molar-refractivity contribution in [2.45, 2.75) is 64.7 Å². The Morgan fingerprint density at radius 1 is 0.735 bits per heavy atom. The molecule has 2 atom stereocenters. The summed E-state index contributed by atoms with van der Waals surface area (Å²) in [6.07, 6.45) is 6.37. The first kappa shape index (κ1) is 25.4. The number of likely N-dealkylation sites (N-methyl/N-ethyl adjacent to an activating group) is 2. The number of pyridine rings is 2. The van der Waals surface area contributed by atoms with Gasteiger partial charge in [-0.1, -0.05) is 0 Å². The number of carbonyl (C=O) groups excluding carboxylic acids is 2. The van der Waals surface area contributed by atoms with Gasteiger partial charge < -0.3 is 30.4 Å². The van der Waals surface area contributed by atoms with Crippen LogP contribution in [0.3, 0.4) is 0 Å². The number of aryl methyl sites for hydroxylation is 4. The molecule has 2 amide bonds. The van der Waals surface area contributed by atoms with Crippen molar-refractivity contribution in [1.29, 1.82) is 0 Å². The Labute approximate surface area is 198 Å². The van der Waals surface area contributed by atoms with Gasteiger partial charge in [-0.3, -0.25) is 19.2 Å². The van der Waals surface area contributed by atoms with Gasteiger partial charge in [0, 0.05) is 51.7 Å². The van der Waals surface area contributed by atoms with Gasteiger partial charge in [-0.15, -0.1) is 0 Å². The number of anilines is 2. The third kappa shape index (κ3) is 4.97. The van der Waals surface area contributed by atoms with Crippen LogP contribution in [-0.4, -0.2) is 47.1 Å². The molecule has 2 aliphatic heterocycles. The third-order valence-corrected chi connectivity index (χ3v) is 6.52. The molecule has 0 unspecified atom stereocenters. The molecule has 184 valence electrons. The maximum absolute atomic E-state index is 11.9. The van der Waals surface area contributed by atoms with Crippen LogP contribution in [0.25, 0.3) is 0 Å². The van der Waals surface area contributed by atoms with Gasteiger partial charge in [-0.2, -0.15) is 0 Å². The Morgan fingerprint density at radius 3 is 1.41 bits per heavy atom. The van der Waals surface area contributed by atoms with Crippen LogP contribution in [0.2, 0.25) is 0 Å². The molecule has 0 radical (unpaired) electrons. The zero-order chi connectivity index (χ0) is 25.2. The van der Waals surface area contributed by atoms with E-state index < -0.39 is 12.1 Å². The number of hydrogen-bond acceptors (Lipinski definition) is 6. The van der Waals surface area contributed by atoms with Crippen molar-refractivity contribution in [3.63, 3.8) is 0 Å². The molecule has 0 aromatic carbocycles. The second-order valence-electron chi connectivity index (χ2n) is 8.70. The van der Waals surface area contributed by atoms with E-state index in [1.165, 1.54) is 21.9 Å². The first-order valence-corrected chi connectivity index (χ1v) is 11.6. The van der Waals surface area contributed by atoms with Gasteiger partial charge in [-0.05, 0) is 50.7 Å². The van der Waals surface area contributed by atoms with E-state index >= 15 is 0 Å². The van der Waals surface area contributed by atoms with Crippen LogP contribution in [0, 0.1) is 0 Å². The topological polar surface area (TPSA) is 137 Å². The van der Waals surface area contributed by atoms with Crippen LogP contribution in [0.4, 0.5) is 11.4 Å². The van der Waals surface area contributed by atoms with Gasteiger partial charge in [-0.25, -0.2) is 0 Å². The molecule has 4 N–H and O–H groups in total. The lowest BCUT2D eigenvalue weighted by Gasteiger charge is -2.19. The predicted octanol–water partition coefficient (Wildman–Crippen LogP) is 0.209. The summed E-state index contributed by atoms with van der Waals surface area (Å²) in [6.45, 7) is 5.11. The van der Waals surface area contributed by atoms with E-state index in [-0.39, 0.29) is 22.9 Å². The van der Waals surface area contributed by atoms with E-state index in [1.807, 2.05) is 26.2 Å². The fourth-order valence-electron chi connectivity index (χ4n) is 4.33. The van der Waals surface area contributed by atoms with Crippen molar-refractivity contribution in [2.24, 2.45) is 11.5 Å². The molecule has 0 spiro atoms. The van der Waals surface area contributed by atoms with E-state index in [4.69, 9.17) is 11.5 Å². The van der Waals surface area contributed by atoms with Crippen LogP contribution >= 0.6 is 0 Å². The summed E-state index contributed by atoms with van der Waals surface area (Å²) in [6, 6.07) is 2.10. The SMILES string of the molecule is CCn1cc2c(cc1=O)N(C)C(=O)[C@@H](N)CC2.CCn1cc2c(cc1=O)N(C)C(=O)[C@H](N)CC2. The normalized spacial score (nSPS) is 20.1. The average Bonchev–Trinajstić information content (AvgIpc) is 3.00. The van der Waals surface area contributed by atoms with Crippen LogP contribution in [-0.2, 0) is 35.5 Å². The van der Waals surface area contributed by atoms with Crippen LogP contribution < -0.4 is 32.4 Å². The molecule has 2 aromatic heterocycles. The van der Waals surface area contributed by atoms with Crippen molar-refractivity contribution in [3.05, 3.63) is 56.4 Å². The first-order valence-electron chi connectivity index (χ1n) is 11.6. The highest BCUT2D eigenvalue weighted by Gasteiger charge is 2.27. The molecule has 0 saturated heterocycles. The quantitative estimate of drug-likeness (QED) is 0.644. The number of nitrogens with zero attached hydrogens (tertiary/aromatic N) is 4. The molecule has 2 aliphatic rings. The number of fused-ring (bicyclic) bond motifs is 2. The monoisotopic (exact) mass is 470 g/mol. The molecule has 10 heteroatoms. The minimum atomic E-state index is -0.474. The standard InChI is InChI=1S/2C12H17N3O2/c2*1-3-15-7-8-4-5-9(13)12(17)14(2)10(8)6-11(15)16/h2*6-7,9H,3-5,13H2,1-2H3/t2*9-/m10/s1. The zero-order valence-corrected chi connectivity index (χ0v) is 20.3. The average molecular weight is 471 g/mol. The fourth-order valence-corrected chi connectivity index (χ4v) is 4.33. The molecule has 34 heavy (non-hydrogen) atoms. The number of nitrogens with two attached hydrogens (primary N) is 2. The molecule has 10 nitrogen and oxygen atoms in total. The minimum absolute atomic E-state index is 0.0821. The maximum atomic E-state index is 11.9. The summed E-state index contributed by atoms with van der Waals surface area (Å²) in [5.74, 6) is -0.255. The maximum Gasteiger partial charge on any atom is 0.252 e. The molecular weight excluding hydrogens is 436 g/mol. The molecule has 0 bridgehead atoms. The second-order valence-corrected chi connectivity index (χ2v) is 8.70. The highest BCUT2D eigenvalue weighted by atomic mass is 16.2. The second kappa shape index (κ2) is 10.4. The smallest absolute Gasteiger partial charge is 0.252 e. The molecule has 4 heterocycles. The Morgan fingerprint density at radius 2 is 1.09 bits per heavy atom. The lowest BCUT2D eigenvalue weighted by Crippen LogP contribution is -2.41. The van der Waals surface area contributed by atoms with Crippen LogP contribution in [0.5, 0.6) is 0 Å². The van der Waals surface area contributed by atoms with E-state index in [0.29, 0.717) is 37.3 Å². The number of amides is 2.